The van der Waals surface area contributed by atoms with Crippen LogP contribution in [0.5, 0.6) is 0 Å². The molecule has 15 fully saturated rings. The fourth-order valence-corrected chi connectivity index (χ4v) is 23.0. The third-order valence-corrected chi connectivity index (χ3v) is 64.8. The summed E-state index contributed by atoms with van der Waals surface area (Å²) in [7, 11) is -25.3. The molecule has 13 N–H and O–H groups in total. The highest BCUT2D eigenvalue weighted by atomic mass is 32.2. The Bertz CT molecular complexity index is 4040. The standard InChI is InChI=1S/C91H174O37SSi7/c1-48-37-39-49(40-38-48)129(105,106)128-77-69(104)76-56(47-113-136(35,36)91(20,21)22)120-84(77)127-75-55(46-112-135(33,34)90(17,18)19)119-82(68(103)62(75)97)125-73-53(44-110-133(29,30)88(11,12)13)117-80(66(101)60(73)95)123-71-51(42-108-131(25,26)86(5,6)7)115-78(64(99)58(71)93)121-70-50(41-107-130(23,24)85(2,3)4)114-79(63(98)57(70)92)122-72-52(43-109-132(27,28)87(8,9)10)116-81(65(100)59(72)94)124-74-54(45-111-134(31,32)89(14,15)16)118-83(126-76)67(102)61(74)96/h37-40,50-84,92-104H,41-47H2,1-36H3/t50-,51-,52-,53-,54-,55-,56-,57-,58-,59-,60-,61-,62-,63-,64-,65-,66-,67-,68-,69+,70-,71-,72-,73-,74-,75-,76-,77+,78-,79-,80-,81-,82-,83-,84-/m0/s1. The van der Waals surface area contributed by atoms with E-state index in [2.05, 4.69) is 0 Å². The highest BCUT2D eigenvalue weighted by Crippen LogP contribution is 2.49. The zero-order valence-electron chi connectivity index (χ0n) is 87.5. The van der Waals surface area contributed by atoms with Crippen molar-refractivity contribution in [2.45, 2.75) is 499 Å². The lowest BCUT2D eigenvalue weighted by atomic mass is 9.95. The summed E-state index contributed by atoms with van der Waals surface area (Å²) in [6.45, 7) is 67.6. The molecule has 15 aliphatic rings. The molecule has 16 rings (SSSR count). The second kappa shape index (κ2) is 43.8. The Morgan fingerprint density at radius 1 is 0.235 bits per heavy atom. The Kier molecular flexibility index (Phi) is 38.3. The molecule has 1 aromatic rings. The maximum atomic E-state index is 15.2. The van der Waals surface area contributed by atoms with E-state index in [4.69, 9.17) is 101 Å². The molecule has 794 valence electrons. The van der Waals surface area contributed by atoms with Crippen LogP contribution in [0.1, 0.15) is 151 Å². The minimum absolute atomic E-state index is 0.392. The number of fused-ring (bicyclic) bond motifs is 7. The van der Waals surface area contributed by atoms with Gasteiger partial charge in [-0.05, 0) is 146 Å². The molecule has 15 saturated heterocycles. The monoisotopic (exact) mass is 2090 g/mol. The summed E-state index contributed by atoms with van der Waals surface area (Å²) in [6, 6.07) is 5.57. The molecule has 0 amide bonds. The summed E-state index contributed by atoms with van der Waals surface area (Å²) >= 11 is 0. The van der Waals surface area contributed by atoms with Crippen LogP contribution in [0.4, 0.5) is 0 Å². The van der Waals surface area contributed by atoms with Crippen LogP contribution in [0.3, 0.4) is 0 Å². The first kappa shape index (κ1) is 119. The molecule has 45 heteroatoms. The molecule has 0 aliphatic carbocycles. The van der Waals surface area contributed by atoms with Gasteiger partial charge < -0.3 is 164 Å². The first-order valence-electron chi connectivity index (χ1n) is 48.1. The number of rotatable bonds is 24. The Hall–Kier alpha value is -0.712. The fourth-order valence-electron chi connectivity index (χ4n) is 14.9. The fraction of sp³-hybridized carbons (Fsp3) is 0.934. The lowest BCUT2D eigenvalue weighted by molar-refractivity contribution is -0.396. The Morgan fingerprint density at radius 3 is 0.544 bits per heavy atom. The minimum Gasteiger partial charge on any atom is -0.414 e. The normalized spacial score (nSPS) is 38.5. The lowest BCUT2D eigenvalue weighted by Gasteiger charge is -2.51. The summed E-state index contributed by atoms with van der Waals surface area (Å²) in [5.74, 6) is 0. The number of aliphatic hydroxyl groups is 13. The molecule has 0 spiro atoms. The second-order valence-corrected chi connectivity index (χ2v) is 84.4. The number of hydrogen-bond acceptors (Lipinski definition) is 37. The number of aryl methyl sites for hydroxylation is 1. The van der Waals surface area contributed by atoms with E-state index in [9.17, 15) is 66.4 Å². The van der Waals surface area contributed by atoms with Gasteiger partial charge in [-0.1, -0.05) is 163 Å². The van der Waals surface area contributed by atoms with Crippen LogP contribution in [0, 0.1) is 6.92 Å². The van der Waals surface area contributed by atoms with Gasteiger partial charge in [-0.3, -0.25) is 4.18 Å². The number of ether oxygens (including phenoxy) is 14. The third-order valence-electron chi connectivity index (χ3n) is 31.9. The van der Waals surface area contributed by atoms with Crippen LogP contribution in [0.25, 0.3) is 0 Å². The van der Waals surface area contributed by atoms with Crippen LogP contribution in [0.2, 0.25) is 127 Å². The summed E-state index contributed by atoms with van der Waals surface area (Å²) in [5, 5.41) is 165. The van der Waals surface area contributed by atoms with Gasteiger partial charge in [-0.25, -0.2) is 0 Å². The predicted octanol–water partition coefficient (Wildman–Crippen LogP) is 7.70. The van der Waals surface area contributed by atoms with Crippen molar-refractivity contribution in [1.82, 2.24) is 0 Å². The minimum atomic E-state index is -5.07. The molecule has 0 aromatic heterocycles. The molecular weight excluding hydrogens is 1910 g/mol. The van der Waals surface area contributed by atoms with Crippen molar-refractivity contribution in [3.63, 3.8) is 0 Å². The first-order chi connectivity index (χ1) is 61.6. The molecule has 14 bridgehead atoms. The van der Waals surface area contributed by atoms with Gasteiger partial charge in [0.1, 0.15) is 165 Å². The molecule has 0 saturated carbocycles. The Morgan fingerprint density at radius 2 is 0.382 bits per heavy atom. The van der Waals surface area contributed by atoms with Crippen LogP contribution < -0.4 is 0 Å². The highest BCUT2D eigenvalue weighted by Gasteiger charge is 2.63. The van der Waals surface area contributed by atoms with Crippen molar-refractivity contribution in [2.75, 3.05) is 46.2 Å². The van der Waals surface area contributed by atoms with Crippen LogP contribution in [-0.4, -0.2) is 394 Å². The van der Waals surface area contributed by atoms with Crippen molar-refractivity contribution >= 4 is 68.3 Å². The number of benzene rings is 1. The summed E-state index contributed by atoms with van der Waals surface area (Å²) in [5.41, 5.74) is 0.665. The second-order valence-electron chi connectivity index (χ2n) is 49.2. The van der Waals surface area contributed by atoms with Crippen molar-refractivity contribution < 1.29 is 176 Å². The first-order valence-corrected chi connectivity index (χ1v) is 69.9. The maximum Gasteiger partial charge on any atom is 0.297 e. The van der Waals surface area contributed by atoms with E-state index in [1.807, 2.05) is 237 Å². The van der Waals surface area contributed by atoms with Gasteiger partial charge in [0, 0.05) is 0 Å². The van der Waals surface area contributed by atoms with Gasteiger partial charge in [0.05, 0.1) is 51.1 Å². The zero-order chi connectivity index (χ0) is 103. The van der Waals surface area contributed by atoms with E-state index in [-0.39, 0.29) is 0 Å². The van der Waals surface area contributed by atoms with E-state index in [0.717, 1.165) is 0 Å². The van der Waals surface area contributed by atoms with Crippen molar-refractivity contribution in [2.24, 2.45) is 0 Å². The van der Waals surface area contributed by atoms with Crippen molar-refractivity contribution in [1.29, 1.82) is 0 Å². The number of aliphatic hydroxyl groups excluding tert-OH is 13. The molecule has 136 heavy (non-hydrogen) atoms. The van der Waals surface area contributed by atoms with Crippen molar-refractivity contribution in [3.8, 4) is 0 Å². The quantitative estimate of drug-likeness (QED) is 0.0348. The van der Waals surface area contributed by atoms with E-state index < -0.39 is 370 Å². The molecule has 15 aliphatic heterocycles. The van der Waals surface area contributed by atoms with Crippen LogP contribution in [-0.2, 0) is 112 Å². The average molecular weight is 2090 g/mol. The SMILES string of the molecule is Cc1ccc(S(=O)(=O)O[C@H]2[C@@H]3O[C@@H]4[C@@H](O)[C@H](O)[C@H](O[C@@H]5[C@@H](O)[C@H](O)[C@H](O[C@@H]6[C@@H](O)[C@H](O)[C@H](O[C@@H]7[C@@H](O)[C@H](O)[C@H](O[C@@H]8[C@@H](O)[C@H](O)[C@H](O[C@@H]9[C@@H](O)[C@H](O)[C@H](O[C@H]([C@H]2O)[C@H](CO[Si](C)(C)C(C)(C)C)O3)O[C@H]9CO[Si](C)(C)C(C)(C)C)O[C@H]8CO[Si](C)(C)C(C)(C)C)O[C@H]7CO[Si](C)(C)C(C)(C)C)O[C@H]6CO[Si](C)(C)C(C)(C)C)O[C@H]5CO[Si](C)(C)C(C)(C)C)O[C@H]4CO[Si](C)(C)C(C)(C)C)cc1. The molecule has 1 aromatic carbocycles. The van der Waals surface area contributed by atoms with E-state index in [1.54, 1.807) is 6.92 Å². The molecule has 0 radical (unpaired) electrons. The molecule has 0 unspecified atom stereocenters. The van der Waals surface area contributed by atoms with Gasteiger partial charge in [0.2, 0.25) is 0 Å². The molecule has 35 atom stereocenters. The van der Waals surface area contributed by atoms with Crippen LogP contribution >= 0.6 is 0 Å². The smallest absolute Gasteiger partial charge is 0.297 e. The van der Waals surface area contributed by atoms with Gasteiger partial charge in [-0.15, -0.1) is 0 Å². The zero-order valence-corrected chi connectivity index (χ0v) is 95.3. The largest absolute Gasteiger partial charge is 0.414 e. The average Bonchev–Trinajstić information content (AvgIpc) is 0.779. The molecule has 37 nitrogen and oxygen atoms in total. The predicted molar refractivity (Wildman–Crippen MR) is 518 cm³/mol. The molecular formula is C91H174O37SSi7. The van der Waals surface area contributed by atoms with Crippen molar-refractivity contribution in [3.05, 3.63) is 29.8 Å². The van der Waals surface area contributed by atoms with Gasteiger partial charge >= 0.3 is 0 Å². The summed E-state index contributed by atoms with van der Waals surface area (Å²) < 4.78 is 179. The Balaban J connectivity index is 1.26. The highest BCUT2D eigenvalue weighted by molar-refractivity contribution is 7.86. The molecule has 15 heterocycles. The van der Waals surface area contributed by atoms with Gasteiger partial charge in [0.25, 0.3) is 10.1 Å². The summed E-state index contributed by atoms with van der Waals surface area (Å²) in [6.07, 6.45) is -68.1. The van der Waals surface area contributed by atoms with Gasteiger partial charge in [-0.2, -0.15) is 8.42 Å². The lowest BCUT2D eigenvalue weighted by Crippen LogP contribution is -2.69. The third kappa shape index (κ3) is 27.1. The topological polar surface area (TPSA) is 500 Å². The summed E-state index contributed by atoms with van der Waals surface area (Å²) in [4.78, 5) is -0.399. The van der Waals surface area contributed by atoms with E-state index in [0.29, 0.717) is 5.56 Å². The maximum absolute atomic E-state index is 15.2. The Labute approximate surface area is 815 Å². The van der Waals surface area contributed by atoms with Gasteiger partial charge in [0.15, 0.2) is 108 Å². The number of hydrogen-bond donors (Lipinski definition) is 13. The van der Waals surface area contributed by atoms with E-state index in [1.165, 1.54) is 24.3 Å². The van der Waals surface area contributed by atoms with E-state index >= 15 is 8.42 Å². The van der Waals surface area contributed by atoms with Crippen LogP contribution in [0.15, 0.2) is 29.2 Å².